The third kappa shape index (κ3) is 5.00. The Hall–Kier alpha value is -3.81. The maximum atomic E-state index is 13.0. The van der Waals surface area contributed by atoms with E-state index in [1.165, 1.54) is 4.68 Å². The maximum Gasteiger partial charge on any atom is 0.328 e. The van der Waals surface area contributed by atoms with Crippen LogP contribution in [0.25, 0.3) is 10.9 Å². The van der Waals surface area contributed by atoms with E-state index in [1.807, 2.05) is 19.1 Å². The highest BCUT2D eigenvalue weighted by atomic mass is 35.5. The molecule has 0 atom stereocenters. The molecule has 1 aromatic heterocycles. The van der Waals surface area contributed by atoms with E-state index < -0.39 is 17.7 Å². The Morgan fingerprint density at radius 3 is 2.21 bits per heavy atom. The number of nitrogens with zero attached hydrogens (tertiary/aromatic N) is 1. The fourth-order valence-corrected chi connectivity index (χ4v) is 3.55. The fraction of sp³-hybridized carbons (Fsp3) is 0.0417. The van der Waals surface area contributed by atoms with Gasteiger partial charge in [-0.1, -0.05) is 41.4 Å². The molecule has 0 aliphatic rings. The molecule has 0 saturated heterocycles. The Balaban J connectivity index is 1.63. The first-order chi connectivity index (χ1) is 15.8. The third-order valence-corrected chi connectivity index (χ3v) is 5.40. The number of nitrogens with one attached hydrogen (secondary N) is 3. The molecule has 0 fully saturated rings. The topological polar surface area (TPSA) is 92.2 Å². The predicted octanol–water partition coefficient (Wildman–Crippen LogP) is 5.22. The van der Waals surface area contributed by atoms with E-state index in [0.29, 0.717) is 32.3 Å². The van der Waals surface area contributed by atoms with E-state index in [0.717, 1.165) is 5.56 Å². The van der Waals surface area contributed by atoms with Gasteiger partial charge in [0.25, 0.3) is 5.91 Å². The first kappa shape index (κ1) is 22.4. The number of aryl methyl sites for hydroxylation is 1. The number of carbonyl (C=O) groups excluding carboxylic acids is 3. The van der Waals surface area contributed by atoms with Crippen molar-refractivity contribution in [2.45, 2.75) is 6.92 Å². The number of hydrogen-bond donors (Lipinski definition) is 3. The Morgan fingerprint density at radius 1 is 0.788 bits per heavy atom. The zero-order chi connectivity index (χ0) is 23.5. The highest BCUT2D eigenvalue weighted by molar-refractivity contribution is 6.42. The summed E-state index contributed by atoms with van der Waals surface area (Å²) in [4.78, 5) is 38.2. The van der Waals surface area contributed by atoms with Crippen LogP contribution in [0.15, 0.2) is 72.8 Å². The van der Waals surface area contributed by atoms with Gasteiger partial charge in [0.1, 0.15) is 5.69 Å². The molecule has 0 saturated carbocycles. The minimum absolute atomic E-state index is 0.110. The van der Waals surface area contributed by atoms with E-state index in [9.17, 15) is 14.4 Å². The van der Waals surface area contributed by atoms with Crippen LogP contribution in [0.5, 0.6) is 0 Å². The van der Waals surface area contributed by atoms with E-state index in [-0.39, 0.29) is 5.69 Å². The van der Waals surface area contributed by atoms with Gasteiger partial charge in [-0.25, -0.2) is 4.68 Å². The lowest BCUT2D eigenvalue weighted by Gasteiger charge is -2.13. The summed E-state index contributed by atoms with van der Waals surface area (Å²) in [5.41, 5.74) is 4.96. The minimum Gasteiger partial charge on any atom is -0.321 e. The number of fused-ring (bicyclic) bond motifs is 1. The molecule has 0 aliphatic carbocycles. The Morgan fingerprint density at radius 2 is 1.48 bits per heavy atom. The normalized spacial score (nSPS) is 10.6. The monoisotopic (exact) mass is 480 g/mol. The summed E-state index contributed by atoms with van der Waals surface area (Å²) in [6.45, 7) is 1.82. The first-order valence-corrected chi connectivity index (χ1v) is 10.6. The van der Waals surface area contributed by atoms with Gasteiger partial charge in [0, 0.05) is 26.8 Å². The molecule has 3 N–H and O–H groups in total. The quantitative estimate of drug-likeness (QED) is 0.349. The number of para-hydroxylation sites is 1. The van der Waals surface area contributed by atoms with Gasteiger partial charge < -0.3 is 10.6 Å². The molecule has 9 heteroatoms. The lowest BCUT2D eigenvalue weighted by molar-refractivity contribution is -0.133. The second-order valence-corrected chi connectivity index (χ2v) is 8.11. The molecule has 33 heavy (non-hydrogen) atoms. The van der Waals surface area contributed by atoms with Crippen molar-refractivity contribution in [2.75, 3.05) is 16.1 Å². The Labute approximate surface area is 199 Å². The van der Waals surface area contributed by atoms with Gasteiger partial charge in [-0.05, 0) is 67.1 Å². The van der Waals surface area contributed by atoms with Crippen LogP contribution in [0.2, 0.25) is 10.0 Å². The van der Waals surface area contributed by atoms with Crippen molar-refractivity contribution in [3.05, 3.63) is 94.1 Å². The first-order valence-electron chi connectivity index (χ1n) is 9.88. The number of halogens is 2. The molecule has 0 aliphatic heterocycles. The number of rotatable bonds is 4. The summed E-state index contributed by atoms with van der Waals surface area (Å²) in [6, 6.07) is 20.2. The standard InChI is InChI=1S/C24H18Cl2N4O3/c1-14-4-2-3-5-19(14)28-23(32)24(33)29-30-20-11-8-17(26)12-15(20)13-21(30)22(31)27-18-9-6-16(25)7-10-18/h2-13H,1H3,(H,27,31)(H,28,32)(H,29,33). The van der Waals surface area contributed by atoms with E-state index in [4.69, 9.17) is 23.2 Å². The van der Waals surface area contributed by atoms with Crippen LogP contribution < -0.4 is 16.1 Å². The largest absolute Gasteiger partial charge is 0.328 e. The number of anilines is 2. The average Bonchev–Trinajstić information content (AvgIpc) is 3.14. The Bertz CT molecular complexity index is 1380. The lowest BCUT2D eigenvalue weighted by Crippen LogP contribution is -2.36. The zero-order valence-corrected chi connectivity index (χ0v) is 18.9. The number of carbonyl (C=O) groups is 3. The van der Waals surface area contributed by atoms with Gasteiger partial charge in [0.15, 0.2) is 0 Å². The highest BCUT2D eigenvalue weighted by Gasteiger charge is 2.21. The number of aromatic nitrogens is 1. The molecule has 0 unspecified atom stereocenters. The van der Waals surface area contributed by atoms with Gasteiger partial charge in [0.2, 0.25) is 0 Å². The molecule has 1 heterocycles. The van der Waals surface area contributed by atoms with Gasteiger partial charge in [-0.2, -0.15) is 0 Å². The second kappa shape index (κ2) is 9.36. The summed E-state index contributed by atoms with van der Waals surface area (Å²) in [5.74, 6) is -2.31. The van der Waals surface area contributed by atoms with Crippen molar-refractivity contribution < 1.29 is 14.4 Å². The summed E-state index contributed by atoms with van der Waals surface area (Å²) in [5, 5.41) is 6.93. The SMILES string of the molecule is Cc1ccccc1NC(=O)C(=O)Nn1c(C(=O)Nc2ccc(Cl)cc2)cc2cc(Cl)ccc21. The van der Waals surface area contributed by atoms with E-state index in [2.05, 4.69) is 16.1 Å². The number of benzene rings is 3. The fourth-order valence-electron chi connectivity index (χ4n) is 3.25. The van der Waals surface area contributed by atoms with Crippen molar-refractivity contribution >= 4 is 63.2 Å². The predicted molar refractivity (Wildman–Crippen MR) is 131 cm³/mol. The second-order valence-electron chi connectivity index (χ2n) is 7.24. The molecule has 4 aromatic rings. The summed E-state index contributed by atoms with van der Waals surface area (Å²) < 4.78 is 1.26. The Kier molecular flexibility index (Phi) is 6.35. The maximum absolute atomic E-state index is 13.0. The lowest BCUT2D eigenvalue weighted by atomic mass is 10.2. The smallest absolute Gasteiger partial charge is 0.321 e. The third-order valence-electron chi connectivity index (χ3n) is 4.91. The molecular weight excluding hydrogens is 463 g/mol. The molecule has 166 valence electrons. The van der Waals surface area contributed by atoms with Crippen LogP contribution in [0.3, 0.4) is 0 Å². The van der Waals surface area contributed by atoms with Crippen molar-refractivity contribution in [3.63, 3.8) is 0 Å². The molecule has 4 rings (SSSR count). The van der Waals surface area contributed by atoms with Crippen molar-refractivity contribution in [3.8, 4) is 0 Å². The van der Waals surface area contributed by atoms with Crippen LogP contribution in [-0.4, -0.2) is 22.4 Å². The molecule has 0 bridgehead atoms. The zero-order valence-electron chi connectivity index (χ0n) is 17.4. The molecule has 0 spiro atoms. The van der Waals surface area contributed by atoms with Gasteiger partial charge >= 0.3 is 11.8 Å². The number of hydrogen-bond acceptors (Lipinski definition) is 3. The summed E-state index contributed by atoms with van der Waals surface area (Å²) in [7, 11) is 0. The minimum atomic E-state index is -0.939. The van der Waals surface area contributed by atoms with E-state index >= 15 is 0 Å². The van der Waals surface area contributed by atoms with Crippen molar-refractivity contribution in [1.29, 1.82) is 0 Å². The van der Waals surface area contributed by atoms with Crippen LogP contribution in [-0.2, 0) is 9.59 Å². The van der Waals surface area contributed by atoms with Crippen molar-refractivity contribution in [1.82, 2.24) is 4.68 Å². The van der Waals surface area contributed by atoms with Crippen LogP contribution >= 0.6 is 23.2 Å². The molecular formula is C24H18Cl2N4O3. The molecule has 3 amide bonds. The van der Waals surface area contributed by atoms with Crippen LogP contribution in [0, 0.1) is 6.92 Å². The molecule has 3 aromatic carbocycles. The highest BCUT2D eigenvalue weighted by Crippen LogP contribution is 2.24. The summed E-state index contributed by atoms with van der Waals surface area (Å²) >= 11 is 12.0. The van der Waals surface area contributed by atoms with Gasteiger partial charge in [-0.3, -0.25) is 19.8 Å². The molecule has 0 radical (unpaired) electrons. The van der Waals surface area contributed by atoms with Gasteiger partial charge in [-0.15, -0.1) is 0 Å². The molecule has 7 nitrogen and oxygen atoms in total. The van der Waals surface area contributed by atoms with Crippen molar-refractivity contribution in [2.24, 2.45) is 0 Å². The van der Waals surface area contributed by atoms with Crippen LogP contribution in [0.4, 0.5) is 11.4 Å². The summed E-state index contributed by atoms with van der Waals surface area (Å²) in [6.07, 6.45) is 0. The van der Waals surface area contributed by atoms with Crippen LogP contribution in [0.1, 0.15) is 16.1 Å². The average molecular weight is 481 g/mol. The van der Waals surface area contributed by atoms with Gasteiger partial charge in [0.05, 0.1) is 5.52 Å². The van der Waals surface area contributed by atoms with E-state index in [1.54, 1.807) is 60.7 Å². The number of amides is 3.